The summed E-state index contributed by atoms with van der Waals surface area (Å²) in [6.45, 7) is 15.6. The SMILES string of the molecule is CC1CCN(CC(CS)C(C)(C)C)CC1C. The highest BCUT2D eigenvalue weighted by Crippen LogP contribution is 2.30. The van der Waals surface area contributed by atoms with Gasteiger partial charge in [-0.15, -0.1) is 0 Å². The van der Waals surface area contributed by atoms with Crippen molar-refractivity contribution in [2.45, 2.75) is 41.0 Å². The fourth-order valence-electron chi connectivity index (χ4n) is 2.43. The molecule has 0 aromatic rings. The number of thiol groups is 1. The van der Waals surface area contributed by atoms with Crippen molar-refractivity contribution in [2.75, 3.05) is 25.4 Å². The Morgan fingerprint density at radius 2 is 1.88 bits per heavy atom. The van der Waals surface area contributed by atoms with Gasteiger partial charge in [0.15, 0.2) is 0 Å². The van der Waals surface area contributed by atoms with Crippen LogP contribution in [0.4, 0.5) is 0 Å². The van der Waals surface area contributed by atoms with Gasteiger partial charge in [-0.3, -0.25) is 0 Å². The summed E-state index contributed by atoms with van der Waals surface area (Å²) < 4.78 is 0. The zero-order valence-electron chi connectivity index (χ0n) is 11.7. The van der Waals surface area contributed by atoms with Crippen molar-refractivity contribution in [3.8, 4) is 0 Å². The van der Waals surface area contributed by atoms with E-state index in [0.29, 0.717) is 11.3 Å². The topological polar surface area (TPSA) is 3.24 Å². The Morgan fingerprint density at radius 3 is 2.31 bits per heavy atom. The quantitative estimate of drug-likeness (QED) is 0.742. The molecule has 0 radical (unpaired) electrons. The lowest BCUT2D eigenvalue weighted by Crippen LogP contribution is -2.43. The molecule has 2 heteroatoms. The summed E-state index contributed by atoms with van der Waals surface area (Å²) >= 11 is 4.52. The van der Waals surface area contributed by atoms with E-state index < -0.39 is 0 Å². The van der Waals surface area contributed by atoms with E-state index in [4.69, 9.17) is 0 Å². The average Bonchev–Trinajstić information content (AvgIpc) is 2.18. The van der Waals surface area contributed by atoms with Crippen LogP contribution < -0.4 is 0 Å². The second kappa shape index (κ2) is 5.77. The maximum absolute atomic E-state index is 4.52. The molecule has 1 heterocycles. The lowest BCUT2D eigenvalue weighted by molar-refractivity contribution is 0.0969. The first-order chi connectivity index (χ1) is 7.34. The Bertz CT molecular complexity index is 209. The van der Waals surface area contributed by atoms with Gasteiger partial charge >= 0.3 is 0 Å². The van der Waals surface area contributed by atoms with Gasteiger partial charge in [0.2, 0.25) is 0 Å². The molecule has 1 aliphatic heterocycles. The monoisotopic (exact) mass is 243 g/mol. The van der Waals surface area contributed by atoms with Gasteiger partial charge in [-0.1, -0.05) is 34.6 Å². The highest BCUT2D eigenvalue weighted by Gasteiger charge is 2.29. The summed E-state index contributed by atoms with van der Waals surface area (Å²) in [5.74, 6) is 3.47. The molecule has 1 saturated heterocycles. The molecule has 0 aromatic heterocycles. The predicted octanol–water partition coefficient (Wildman–Crippen LogP) is 3.56. The van der Waals surface area contributed by atoms with E-state index in [0.717, 1.165) is 17.6 Å². The molecule has 96 valence electrons. The lowest BCUT2D eigenvalue weighted by Gasteiger charge is -2.40. The molecule has 0 amide bonds. The number of likely N-dealkylation sites (tertiary alicyclic amines) is 1. The number of hydrogen-bond acceptors (Lipinski definition) is 2. The van der Waals surface area contributed by atoms with E-state index in [1.54, 1.807) is 0 Å². The third kappa shape index (κ3) is 3.96. The maximum Gasteiger partial charge on any atom is 0.00226 e. The van der Waals surface area contributed by atoms with E-state index in [-0.39, 0.29) is 0 Å². The van der Waals surface area contributed by atoms with Gasteiger partial charge in [-0.05, 0) is 41.9 Å². The zero-order chi connectivity index (χ0) is 12.3. The number of piperidine rings is 1. The summed E-state index contributed by atoms with van der Waals surface area (Å²) in [6.07, 6.45) is 1.37. The van der Waals surface area contributed by atoms with Crippen LogP contribution in [0.1, 0.15) is 41.0 Å². The van der Waals surface area contributed by atoms with Crippen LogP contribution in [-0.2, 0) is 0 Å². The second-order valence-electron chi connectivity index (χ2n) is 6.75. The van der Waals surface area contributed by atoms with Gasteiger partial charge in [0.05, 0.1) is 0 Å². The molecule has 3 atom stereocenters. The van der Waals surface area contributed by atoms with Crippen LogP contribution in [0.25, 0.3) is 0 Å². The van der Waals surface area contributed by atoms with Crippen LogP contribution in [0.2, 0.25) is 0 Å². The van der Waals surface area contributed by atoms with E-state index >= 15 is 0 Å². The van der Waals surface area contributed by atoms with E-state index in [9.17, 15) is 0 Å². The molecule has 16 heavy (non-hydrogen) atoms. The molecule has 3 unspecified atom stereocenters. The highest BCUT2D eigenvalue weighted by atomic mass is 32.1. The maximum atomic E-state index is 4.52. The molecule has 0 bridgehead atoms. The largest absolute Gasteiger partial charge is 0.303 e. The summed E-state index contributed by atoms with van der Waals surface area (Å²) in [5.41, 5.74) is 0.383. The van der Waals surface area contributed by atoms with Gasteiger partial charge in [0.25, 0.3) is 0 Å². The third-order valence-corrected chi connectivity index (χ3v) is 4.78. The third-order valence-electron chi connectivity index (χ3n) is 4.34. The van der Waals surface area contributed by atoms with Crippen molar-refractivity contribution in [3.05, 3.63) is 0 Å². The Kier molecular flexibility index (Phi) is 5.18. The first-order valence-electron chi connectivity index (χ1n) is 6.67. The van der Waals surface area contributed by atoms with Crippen LogP contribution in [0.3, 0.4) is 0 Å². The minimum atomic E-state index is 0.383. The van der Waals surface area contributed by atoms with E-state index in [1.165, 1.54) is 26.1 Å². The zero-order valence-corrected chi connectivity index (χ0v) is 12.6. The predicted molar refractivity (Wildman–Crippen MR) is 76.2 cm³/mol. The molecule has 0 spiro atoms. The van der Waals surface area contributed by atoms with Gasteiger partial charge < -0.3 is 4.90 Å². The molecular weight excluding hydrogens is 214 g/mol. The van der Waals surface area contributed by atoms with Crippen molar-refractivity contribution in [1.82, 2.24) is 4.90 Å². The summed E-state index contributed by atoms with van der Waals surface area (Å²) in [6, 6.07) is 0. The minimum Gasteiger partial charge on any atom is -0.303 e. The van der Waals surface area contributed by atoms with Gasteiger partial charge in [0, 0.05) is 13.1 Å². The first-order valence-corrected chi connectivity index (χ1v) is 7.31. The van der Waals surface area contributed by atoms with Crippen LogP contribution >= 0.6 is 12.6 Å². The first kappa shape index (κ1) is 14.4. The molecule has 0 aliphatic carbocycles. The van der Waals surface area contributed by atoms with Crippen LogP contribution in [0.5, 0.6) is 0 Å². The minimum absolute atomic E-state index is 0.383. The normalized spacial score (nSPS) is 30.4. The second-order valence-corrected chi connectivity index (χ2v) is 7.11. The fraction of sp³-hybridized carbons (Fsp3) is 1.00. The standard InChI is InChI=1S/C14H29NS/c1-11-6-7-15(8-12(11)2)9-13(10-16)14(3,4)5/h11-13,16H,6-10H2,1-5H3. The molecule has 1 fully saturated rings. The number of nitrogens with zero attached hydrogens (tertiary/aromatic N) is 1. The summed E-state index contributed by atoms with van der Waals surface area (Å²) in [4.78, 5) is 2.65. The van der Waals surface area contributed by atoms with Gasteiger partial charge in [0.1, 0.15) is 0 Å². The van der Waals surface area contributed by atoms with Gasteiger partial charge in [-0.2, -0.15) is 12.6 Å². The van der Waals surface area contributed by atoms with Crippen LogP contribution in [-0.4, -0.2) is 30.3 Å². The van der Waals surface area contributed by atoms with E-state index in [2.05, 4.69) is 52.1 Å². The van der Waals surface area contributed by atoms with Crippen molar-refractivity contribution >= 4 is 12.6 Å². The molecule has 0 N–H and O–H groups in total. The Hall–Kier alpha value is 0.310. The van der Waals surface area contributed by atoms with Crippen molar-refractivity contribution in [1.29, 1.82) is 0 Å². The van der Waals surface area contributed by atoms with Crippen LogP contribution in [0.15, 0.2) is 0 Å². The molecule has 0 aromatic carbocycles. The Morgan fingerprint density at radius 1 is 1.25 bits per heavy atom. The van der Waals surface area contributed by atoms with Crippen molar-refractivity contribution < 1.29 is 0 Å². The summed E-state index contributed by atoms with van der Waals surface area (Å²) in [5, 5.41) is 0. The average molecular weight is 243 g/mol. The van der Waals surface area contributed by atoms with E-state index in [1.807, 2.05) is 0 Å². The number of hydrogen-bond donors (Lipinski definition) is 1. The van der Waals surface area contributed by atoms with Crippen LogP contribution in [0, 0.1) is 23.2 Å². The lowest BCUT2D eigenvalue weighted by atomic mass is 9.80. The molecule has 1 rings (SSSR count). The molecular formula is C14H29NS. The Balaban J connectivity index is 2.47. The molecule has 1 nitrogen and oxygen atoms in total. The molecule has 1 aliphatic rings. The molecule has 0 saturated carbocycles. The number of rotatable bonds is 3. The smallest absolute Gasteiger partial charge is 0.00226 e. The summed E-state index contributed by atoms with van der Waals surface area (Å²) in [7, 11) is 0. The fourth-order valence-corrected chi connectivity index (χ4v) is 3.10. The van der Waals surface area contributed by atoms with Gasteiger partial charge in [-0.25, -0.2) is 0 Å². The highest BCUT2D eigenvalue weighted by molar-refractivity contribution is 7.80. The Labute approximate surface area is 107 Å². The van der Waals surface area contributed by atoms with Crippen molar-refractivity contribution in [3.63, 3.8) is 0 Å². The van der Waals surface area contributed by atoms with Crippen molar-refractivity contribution in [2.24, 2.45) is 23.2 Å².